The van der Waals surface area contributed by atoms with E-state index in [4.69, 9.17) is 10.5 Å². The van der Waals surface area contributed by atoms with E-state index < -0.39 is 0 Å². The summed E-state index contributed by atoms with van der Waals surface area (Å²) in [5.41, 5.74) is 9.22. The first-order chi connectivity index (χ1) is 10.0. The lowest BCUT2D eigenvalue weighted by atomic mass is 10.2. The third-order valence-electron chi connectivity index (χ3n) is 3.09. The maximum Gasteiger partial charge on any atom is 0.341 e. The summed E-state index contributed by atoms with van der Waals surface area (Å²) >= 11 is 1.59. The van der Waals surface area contributed by atoms with E-state index in [1.54, 1.807) is 29.6 Å². The highest BCUT2D eigenvalue weighted by molar-refractivity contribution is 7.98. The molecule has 0 spiro atoms. The van der Waals surface area contributed by atoms with Crippen LogP contribution in [-0.4, -0.2) is 22.4 Å². The molecule has 0 aliphatic carbocycles. The number of carbonyl (C=O) groups excluding carboxylic acids is 1. The Labute approximate surface area is 128 Å². The Morgan fingerprint density at radius 2 is 2.24 bits per heavy atom. The van der Waals surface area contributed by atoms with Gasteiger partial charge < -0.3 is 10.5 Å². The van der Waals surface area contributed by atoms with Gasteiger partial charge in [-0.1, -0.05) is 6.07 Å². The molecular formula is C15H19N3O2S. The molecule has 0 radical (unpaired) electrons. The third-order valence-corrected chi connectivity index (χ3v) is 4.17. The van der Waals surface area contributed by atoms with Crippen molar-refractivity contribution < 1.29 is 9.53 Å². The molecule has 0 amide bonds. The fourth-order valence-corrected chi connectivity index (χ4v) is 3.06. The van der Waals surface area contributed by atoms with Gasteiger partial charge in [0.25, 0.3) is 0 Å². The minimum atomic E-state index is -0.335. The molecule has 1 heterocycles. The van der Waals surface area contributed by atoms with Crippen molar-refractivity contribution in [1.82, 2.24) is 9.78 Å². The van der Waals surface area contributed by atoms with Gasteiger partial charge in [0.15, 0.2) is 0 Å². The van der Waals surface area contributed by atoms with Crippen LogP contribution in [0.25, 0.3) is 0 Å². The molecule has 21 heavy (non-hydrogen) atoms. The topological polar surface area (TPSA) is 70.1 Å². The molecule has 6 heteroatoms. The summed E-state index contributed by atoms with van der Waals surface area (Å²) in [6, 6.07) is 5.92. The molecule has 112 valence electrons. The van der Waals surface area contributed by atoms with Gasteiger partial charge in [0.1, 0.15) is 5.56 Å². The number of hydrogen-bond donors (Lipinski definition) is 1. The van der Waals surface area contributed by atoms with Gasteiger partial charge in [-0.3, -0.25) is 4.68 Å². The van der Waals surface area contributed by atoms with Crippen LogP contribution in [0, 0.1) is 6.92 Å². The molecule has 2 N–H and O–H groups in total. The number of nitrogens with two attached hydrogens (primary N) is 1. The number of benzene rings is 1. The highest BCUT2D eigenvalue weighted by atomic mass is 32.2. The van der Waals surface area contributed by atoms with Crippen LogP contribution < -0.4 is 5.73 Å². The second kappa shape index (κ2) is 6.67. The minimum Gasteiger partial charge on any atom is -0.462 e. The molecule has 0 aliphatic rings. The van der Waals surface area contributed by atoms with Crippen LogP contribution in [0.5, 0.6) is 0 Å². The first-order valence-corrected chi connectivity index (χ1v) is 7.68. The molecule has 0 unspecified atom stereocenters. The average Bonchev–Trinajstić information content (AvgIpc) is 2.81. The van der Waals surface area contributed by atoms with Crippen molar-refractivity contribution in [3.8, 4) is 0 Å². The predicted molar refractivity (Wildman–Crippen MR) is 84.3 cm³/mol. The number of nitrogens with zero attached hydrogens (tertiary/aromatic N) is 2. The van der Waals surface area contributed by atoms with Crippen LogP contribution in [0.3, 0.4) is 0 Å². The largest absolute Gasteiger partial charge is 0.462 e. The molecule has 1 aromatic heterocycles. The second-order valence-corrected chi connectivity index (χ2v) is 5.70. The molecule has 0 saturated heterocycles. The molecule has 0 saturated carbocycles. The molecule has 1 aromatic carbocycles. The Bertz CT molecular complexity index is 652. The molecule has 0 aliphatic heterocycles. The highest BCUT2D eigenvalue weighted by Gasteiger charge is 2.17. The summed E-state index contributed by atoms with van der Waals surface area (Å²) in [6.45, 7) is 4.17. The van der Waals surface area contributed by atoms with E-state index in [1.165, 1.54) is 0 Å². The quantitative estimate of drug-likeness (QED) is 0.522. The van der Waals surface area contributed by atoms with Crippen molar-refractivity contribution in [3.05, 3.63) is 41.2 Å². The van der Waals surface area contributed by atoms with Crippen LogP contribution in [0.1, 0.15) is 28.5 Å². The number of rotatable bonds is 5. The maximum absolute atomic E-state index is 11.9. The van der Waals surface area contributed by atoms with Crippen molar-refractivity contribution in [1.29, 1.82) is 0 Å². The van der Waals surface area contributed by atoms with Gasteiger partial charge in [-0.15, -0.1) is 11.8 Å². The molecule has 0 bridgehead atoms. The van der Waals surface area contributed by atoms with Gasteiger partial charge >= 0.3 is 5.97 Å². The Hall–Kier alpha value is -1.95. The van der Waals surface area contributed by atoms with E-state index >= 15 is 0 Å². The summed E-state index contributed by atoms with van der Waals surface area (Å²) in [4.78, 5) is 12.9. The fraction of sp³-hybridized carbons (Fsp3) is 0.333. The lowest BCUT2D eigenvalue weighted by molar-refractivity contribution is 0.0525. The summed E-state index contributed by atoms with van der Waals surface area (Å²) in [7, 11) is 1.82. The molecule has 2 rings (SSSR count). The van der Waals surface area contributed by atoms with E-state index in [-0.39, 0.29) is 5.97 Å². The van der Waals surface area contributed by atoms with E-state index in [1.807, 2.05) is 32.2 Å². The van der Waals surface area contributed by atoms with Gasteiger partial charge in [0.2, 0.25) is 0 Å². The van der Waals surface area contributed by atoms with Crippen molar-refractivity contribution in [2.75, 3.05) is 12.3 Å². The second-order valence-electron chi connectivity index (χ2n) is 4.68. The van der Waals surface area contributed by atoms with Crippen LogP contribution in [0.15, 0.2) is 29.3 Å². The van der Waals surface area contributed by atoms with E-state index in [0.717, 1.165) is 21.8 Å². The van der Waals surface area contributed by atoms with E-state index in [9.17, 15) is 4.79 Å². The van der Waals surface area contributed by atoms with Gasteiger partial charge in [-0.05, 0) is 31.5 Å². The van der Waals surface area contributed by atoms with Crippen LogP contribution in [0.4, 0.5) is 5.69 Å². The standard InChI is InChI=1S/C15H19N3O2S/c1-4-20-15(19)11-8-17-18(3)13(11)9-21-14-7-10(2)5-6-12(14)16/h5-8H,4,9,16H2,1-3H3. The van der Waals surface area contributed by atoms with Crippen molar-refractivity contribution in [2.24, 2.45) is 7.05 Å². The number of thioether (sulfide) groups is 1. The number of nitrogen functional groups attached to an aromatic ring is 1. The SMILES string of the molecule is CCOC(=O)c1cnn(C)c1CSc1cc(C)ccc1N. The number of hydrogen-bond acceptors (Lipinski definition) is 5. The molecular weight excluding hydrogens is 286 g/mol. The fourth-order valence-electron chi connectivity index (χ4n) is 1.93. The van der Waals surface area contributed by atoms with E-state index in [0.29, 0.717) is 17.9 Å². The predicted octanol–water partition coefficient (Wildman–Crippen LogP) is 2.78. The zero-order valence-corrected chi connectivity index (χ0v) is 13.2. The lowest BCUT2D eigenvalue weighted by Crippen LogP contribution is -2.08. The first-order valence-electron chi connectivity index (χ1n) is 6.69. The van der Waals surface area contributed by atoms with Crippen molar-refractivity contribution in [2.45, 2.75) is 24.5 Å². The zero-order chi connectivity index (χ0) is 15.4. The zero-order valence-electron chi connectivity index (χ0n) is 12.4. The minimum absolute atomic E-state index is 0.335. The number of carbonyl (C=O) groups is 1. The van der Waals surface area contributed by atoms with Gasteiger partial charge in [-0.25, -0.2) is 4.79 Å². The van der Waals surface area contributed by atoms with Gasteiger partial charge in [-0.2, -0.15) is 5.10 Å². The molecule has 2 aromatic rings. The first kappa shape index (κ1) is 15.4. The lowest BCUT2D eigenvalue weighted by Gasteiger charge is -2.08. The van der Waals surface area contributed by atoms with Gasteiger partial charge in [0.05, 0.1) is 18.5 Å². The van der Waals surface area contributed by atoms with Crippen LogP contribution >= 0.6 is 11.8 Å². The van der Waals surface area contributed by atoms with Crippen LogP contribution in [-0.2, 0) is 17.5 Å². The number of aromatic nitrogens is 2. The van der Waals surface area contributed by atoms with E-state index in [2.05, 4.69) is 5.10 Å². The summed E-state index contributed by atoms with van der Waals surface area (Å²) in [5, 5.41) is 4.14. The Kier molecular flexibility index (Phi) is 4.90. The summed E-state index contributed by atoms with van der Waals surface area (Å²) < 4.78 is 6.75. The normalized spacial score (nSPS) is 10.6. The smallest absolute Gasteiger partial charge is 0.341 e. The summed E-state index contributed by atoms with van der Waals surface area (Å²) in [5.74, 6) is 0.275. The Morgan fingerprint density at radius 3 is 2.95 bits per heavy atom. The van der Waals surface area contributed by atoms with Crippen molar-refractivity contribution in [3.63, 3.8) is 0 Å². The molecule has 0 fully saturated rings. The number of esters is 1. The number of aryl methyl sites for hydroxylation is 2. The molecule has 5 nitrogen and oxygen atoms in total. The monoisotopic (exact) mass is 305 g/mol. The Morgan fingerprint density at radius 1 is 1.48 bits per heavy atom. The molecule has 0 atom stereocenters. The van der Waals surface area contributed by atoms with Gasteiger partial charge in [0, 0.05) is 23.4 Å². The van der Waals surface area contributed by atoms with Crippen molar-refractivity contribution >= 4 is 23.4 Å². The number of anilines is 1. The van der Waals surface area contributed by atoms with Crippen LogP contribution in [0.2, 0.25) is 0 Å². The number of ether oxygens (including phenoxy) is 1. The average molecular weight is 305 g/mol. The summed E-state index contributed by atoms with van der Waals surface area (Å²) in [6.07, 6.45) is 1.55. The highest BCUT2D eigenvalue weighted by Crippen LogP contribution is 2.29. The Balaban J connectivity index is 2.18. The maximum atomic E-state index is 11.9. The third kappa shape index (κ3) is 3.58.